The summed E-state index contributed by atoms with van der Waals surface area (Å²) in [6.07, 6.45) is 3.27. The number of ether oxygens (including phenoxy) is 3. The molecule has 10 heteroatoms. The molecule has 1 heterocycles. The van der Waals surface area contributed by atoms with Gasteiger partial charge in [0.05, 0.1) is 24.4 Å². The molecular weight excluding hydrogens is 588 g/mol. The first-order valence-corrected chi connectivity index (χ1v) is 13.4. The van der Waals surface area contributed by atoms with Crippen LogP contribution in [0.1, 0.15) is 30.9 Å². The minimum atomic E-state index is -0.840. The number of rotatable bonds is 10. The summed E-state index contributed by atoms with van der Waals surface area (Å²) in [6, 6.07) is 16.4. The van der Waals surface area contributed by atoms with E-state index in [0.717, 1.165) is 27.8 Å². The first-order chi connectivity index (χ1) is 18.8. The van der Waals surface area contributed by atoms with E-state index in [1.165, 1.54) is 13.2 Å². The van der Waals surface area contributed by atoms with E-state index in [1.807, 2.05) is 24.3 Å². The van der Waals surface area contributed by atoms with E-state index in [0.29, 0.717) is 35.1 Å². The zero-order valence-corrected chi connectivity index (χ0v) is 23.7. The van der Waals surface area contributed by atoms with Crippen molar-refractivity contribution in [2.45, 2.75) is 26.4 Å². The Kier molecular flexibility index (Phi) is 9.27. The molecule has 1 aliphatic rings. The van der Waals surface area contributed by atoms with Gasteiger partial charge in [0.2, 0.25) is 0 Å². The average Bonchev–Trinajstić information content (AvgIpc) is 2.92. The molecule has 1 saturated heterocycles. The molecule has 0 atom stereocenters. The molecular formula is C29H26BrClN2O6. The molecule has 3 aromatic carbocycles. The van der Waals surface area contributed by atoms with Gasteiger partial charge in [-0.15, -0.1) is 0 Å². The molecule has 0 bridgehead atoms. The first-order valence-electron chi connectivity index (χ1n) is 12.2. The first kappa shape index (κ1) is 28.2. The zero-order chi connectivity index (χ0) is 27.9. The van der Waals surface area contributed by atoms with Gasteiger partial charge in [0.15, 0.2) is 11.5 Å². The van der Waals surface area contributed by atoms with E-state index in [4.69, 9.17) is 25.8 Å². The number of nitrogens with zero attached hydrogens (tertiary/aromatic N) is 1. The molecule has 4 rings (SSSR count). The average molecular weight is 614 g/mol. The largest absolute Gasteiger partial charge is 0.494 e. The number of anilines is 1. The number of methoxy groups -OCH3 is 1. The van der Waals surface area contributed by atoms with Crippen molar-refractivity contribution in [3.63, 3.8) is 0 Å². The number of halogens is 2. The number of nitrogens with one attached hydrogen (secondary N) is 1. The van der Waals surface area contributed by atoms with Gasteiger partial charge in [0, 0.05) is 10.0 Å². The molecule has 0 aromatic heterocycles. The zero-order valence-electron chi connectivity index (χ0n) is 21.3. The predicted octanol–water partition coefficient (Wildman–Crippen LogP) is 6.54. The van der Waals surface area contributed by atoms with Crippen molar-refractivity contribution in [3.8, 4) is 17.2 Å². The molecule has 0 aliphatic carbocycles. The van der Waals surface area contributed by atoms with Gasteiger partial charge in [-0.05, 0) is 60.5 Å². The van der Waals surface area contributed by atoms with Gasteiger partial charge < -0.3 is 14.2 Å². The highest BCUT2D eigenvalue weighted by Crippen LogP contribution is 2.38. The van der Waals surface area contributed by atoms with Crippen molar-refractivity contribution in [2.24, 2.45) is 0 Å². The summed E-state index contributed by atoms with van der Waals surface area (Å²) in [6.45, 7) is 2.87. The molecule has 4 amide bonds. The van der Waals surface area contributed by atoms with Crippen LogP contribution in [0.3, 0.4) is 0 Å². The number of imide groups is 2. The molecule has 0 radical (unpaired) electrons. The molecule has 3 aromatic rings. The Hall–Kier alpha value is -3.82. The number of hydrogen-bond acceptors (Lipinski definition) is 6. The summed E-state index contributed by atoms with van der Waals surface area (Å²) in [5.41, 5.74) is 1.39. The van der Waals surface area contributed by atoms with Crippen LogP contribution >= 0.6 is 27.5 Å². The second kappa shape index (κ2) is 12.8. The molecule has 0 spiro atoms. The standard InChI is InChI=1S/C29H26BrClN2O6/c1-3-4-13-38-21-11-9-20(10-12-21)33-28(35)22(27(34)32-29(33)36)14-18-15-24(31)26(25(16-18)37-2)39-17-19-7-5-6-8-23(19)30/h5-12,14-16H,3-4,13,17H2,1-2H3,(H,32,34,36)/b22-14-. The Bertz CT molecular complexity index is 1420. The molecule has 1 aliphatic heterocycles. The number of urea groups is 1. The van der Waals surface area contributed by atoms with Crippen LogP contribution in [0.5, 0.6) is 17.2 Å². The summed E-state index contributed by atoms with van der Waals surface area (Å²) >= 11 is 10.00. The maximum Gasteiger partial charge on any atom is 0.335 e. The van der Waals surface area contributed by atoms with E-state index in [9.17, 15) is 14.4 Å². The lowest BCUT2D eigenvalue weighted by atomic mass is 10.1. The monoisotopic (exact) mass is 612 g/mol. The van der Waals surface area contributed by atoms with Crippen LogP contribution in [0, 0.1) is 0 Å². The van der Waals surface area contributed by atoms with E-state index >= 15 is 0 Å². The number of carbonyl (C=O) groups is 3. The second-order valence-corrected chi connectivity index (χ2v) is 9.83. The lowest BCUT2D eigenvalue weighted by Crippen LogP contribution is -2.54. The second-order valence-electron chi connectivity index (χ2n) is 8.57. The van der Waals surface area contributed by atoms with Crippen molar-refractivity contribution >= 4 is 57.1 Å². The fourth-order valence-corrected chi connectivity index (χ4v) is 4.49. The summed E-state index contributed by atoms with van der Waals surface area (Å²) in [5.74, 6) is -0.336. The Balaban J connectivity index is 1.58. The number of hydrogen-bond donors (Lipinski definition) is 1. The van der Waals surface area contributed by atoms with Crippen LogP contribution < -0.4 is 24.4 Å². The Labute approximate surface area is 239 Å². The minimum Gasteiger partial charge on any atom is -0.494 e. The number of unbranched alkanes of at least 4 members (excludes halogenated alkanes) is 1. The molecule has 1 N–H and O–H groups in total. The minimum absolute atomic E-state index is 0.225. The highest BCUT2D eigenvalue weighted by molar-refractivity contribution is 9.10. The maximum absolute atomic E-state index is 13.3. The smallest absolute Gasteiger partial charge is 0.335 e. The van der Waals surface area contributed by atoms with Gasteiger partial charge in [-0.3, -0.25) is 14.9 Å². The number of amides is 4. The lowest BCUT2D eigenvalue weighted by Gasteiger charge is -2.26. The fraction of sp³-hybridized carbons (Fsp3) is 0.207. The van der Waals surface area contributed by atoms with Crippen LogP contribution in [0.2, 0.25) is 5.02 Å². The summed E-state index contributed by atoms with van der Waals surface area (Å²) < 4.78 is 17.9. The third-order valence-electron chi connectivity index (χ3n) is 5.86. The van der Waals surface area contributed by atoms with Gasteiger partial charge in [0.25, 0.3) is 11.8 Å². The normalized spacial score (nSPS) is 14.4. The molecule has 1 fully saturated rings. The Morgan fingerprint density at radius 1 is 1.03 bits per heavy atom. The van der Waals surface area contributed by atoms with E-state index in [1.54, 1.807) is 36.4 Å². The third kappa shape index (κ3) is 6.61. The van der Waals surface area contributed by atoms with Crippen molar-refractivity contribution in [1.29, 1.82) is 0 Å². The van der Waals surface area contributed by atoms with Crippen LogP contribution in [0.15, 0.2) is 70.7 Å². The maximum atomic E-state index is 13.3. The molecule has 202 valence electrons. The van der Waals surface area contributed by atoms with Crippen molar-refractivity contribution in [1.82, 2.24) is 5.32 Å². The summed E-state index contributed by atoms with van der Waals surface area (Å²) in [5, 5.41) is 2.44. The fourth-order valence-electron chi connectivity index (χ4n) is 3.81. The van der Waals surface area contributed by atoms with Crippen LogP contribution in [-0.2, 0) is 16.2 Å². The summed E-state index contributed by atoms with van der Waals surface area (Å²) in [4.78, 5) is 39.4. The molecule has 39 heavy (non-hydrogen) atoms. The van der Waals surface area contributed by atoms with Crippen LogP contribution in [0.4, 0.5) is 10.5 Å². The Morgan fingerprint density at radius 2 is 1.77 bits per heavy atom. The van der Waals surface area contributed by atoms with Gasteiger partial charge in [-0.1, -0.05) is 59.1 Å². The van der Waals surface area contributed by atoms with Crippen molar-refractivity contribution < 1.29 is 28.6 Å². The quantitative estimate of drug-likeness (QED) is 0.159. The Morgan fingerprint density at radius 3 is 2.46 bits per heavy atom. The predicted molar refractivity (Wildman–Crippen MR) is 152 cm³/mol. The van der Waals surface area contributed by atoms with Crippen molar-refractivity contribution in [2.75, 3.05) is 18.6 Å². The SMILES string of the molecule is CCCCOc1ccc(N2C(=O)NC(=O)/C(=C/c3cc(Cl)c(OCc4ccccc4Br)c(OC)c3)C2=O)cc1. The molecule has 0 unspecified atom stereocenters. The molecule has 8 nitrogen and oxygen atoms in total. The van der Waals surface area contributed by atoms with E-state index in [2.05, 4.69) is 28.2 Å². The number of carbonyl (C=O) groups excluding carboxylic acids is 3. The van der Waals surface area contributed by atoms with Crippen molar-refractivity contribution in [3.05, 3.63) is 86.9 Å². The van der Waals surface area contributed by atoms with Crippen LogP contribution in [0.25, 0.3) is 6.08 Å². The number of benzene rings is 3. The van der Waals surface area contributed by atoms with E-state index < -0.39 is 17.8 Å². The lowest BCUT2D eigenvalue weighted by molar-refractivity contribution is -0.122. The molecule has 0 saturated carbocycles. The van der Waals surface area contributed by atoms with E-state index in [-0.39, 0.29) is 17.2 Å². The summed E-state index contributed by atoms with van der Waals surface area (Å²) in [7, 11) is 1.46. The topological polar surface area (TPSA) is 94.2 Å². The highest BCUT2D eigenvalue weighted by atomic mass is 79.9. The van der Waals surface area contributed by atoms with Gasteiger partial charge in [0.1, 0.15) is 17.9 Å². The third-order valence-corrected chi connectivity index (χ3v) is 6.91. The van der Waals surface area contributed by atoms with Gasteiger partial charge in [-0.2, -0.15) is 0 Å². The van der Waals surface area contributed by atoms with Crippen LogP contribution in [-0.4, -0.2) is 31.6 Å². The van der Waals surface area contributed by atoms with Gasteiger partial charge in [-0.25, -0.2) is 9.69 Å². The van der Waals surface area contributed by atoms with Gasteiger partial charge >= 0.3 is 6.03 Å². The highest BCUT2D eigenvalue weighted by Gasteiger charge is 2.37. The number of barbiturate groups is 1.